The maximum Gasteiger partial charge on any atom is 0.335 e. The van der Waals surface area contributed by atoms with Crippen LogP contribution >= 0.6 is 22.7 Å². The summed E-state index contributed by atoms with van der Waals surface area (Å²) < 4.78 is 4.10. The van der Waals surface area contributed by atoms with Gasteiger partial charge in [-0.1, -0.05) is 12.1 Å². The Bertz CT molecular complexity index is 1280. The monoisotopic (exact) mass is 378 g/mol. The van der Waals surface area contributed by atoms with Crippen molar-refractivity contribution in [3.05, 3.63) is 59.7 Å². The van der Waals surface area contributed by atoms with Crippen molar-refractivity contribution in [2.75, 3.05) is 0 Å². The lowest BCUT2D eigenvalue weighted by Crippen LogP contribution is -1.94. The van der Waals surface area contributed by atoms with Crippen LogP contribution in [-0.2, 0) is 0 Å². The second kappa shape index (κ2) is 5.27. The molecule has 0 bridgehead atoms. The molecule has 0 aliphatic carbocycles. The lowest BCUT2D eigenvalue weighted by atomic mass is 10.1. The highest BCUT2D eigenvalue weighted by Gasteiger charge is 2.13. The van der Waals surface area contributed by atoms with Crippen LogP contribution in [0.1, 0.15) is 20.7 Å². The van der Waals surface area contributed by atoms with Crippen LogP contribution in [-0.4, -0.2) is 22.2 Å². The van der Waals surface area contributed by atoms with Gasteiger partial charge in [0, 0.05) is 40.3 Å². The number of carboxylic acids is 2. The molecular formula is C20H10O4S2. The van der Waals surface area contributed by atoms with Gasteiger partial charge in [-0.15, -0.1) is 22.7 Å². The van der Waals surface area contributed by atoms with E-state index in [1.807, 2.05) is 12.1 Å². The van der Waals surface area contributed by atoms with Crippen LogP contribution < -0.4 is 0 Å². The van der Waals surface area contributed by atoms with Crippen LogP contribution in [0.4, 0.5) is 0 Å². The van der Waals surface area contributed by atoms with Crippen LogP contribution in [0, 0.1) is 0 Å². The Balaban J connectivity index is 1.83. The summed E-state index contributed by atoms with van der Waals surface area (Å²) in [6.45, 7) is 0. The van der Waals surface area contributed by atoms with E-state index in [9.17, 15) is 19.8 Å². The largest absolute Gasteiger partial charge is 0.478 e. The summed E-state index contributed by atoms with van der Waals surface area (Å²) in [6, 6.07) is 14.7. The van der Waals surface area contributed by atoms with Gasteiger partial charge in [-0.3, -0.25) is 0 Å². The molecule has 0 saturated carbocycles. The first-order chi connectivity index (χ1) is 12.5. The number of thiophene rings is 2. The van der Waals surface area contributed by atoms with Gasteiger partial charge in [-0.2, -0.15) is 0 Å². The zero-order valence-electron chi connectivity index (χ0n) is 13.1. The zero-order valence-corrected chi connectivity index (χ0v) is 14.8. The lowest BCUT2D eigenvalue weighted by molar-refractivity contribution is 0.0686. The van der Waals surface area contributed by atoms with Gasteiger partial charge in [-0.05, 0) is 36.4 Å². The van der Waals surface area contributed by atoms with Crippen molar-refractivity contribution in [1.29, 1.82) is 0 Å². The van der Waals surface area contributed by atoms with Crippen molar-refractivity contribution >= 4 is 75.0 Å². The molecule has 3 aromatic carbocycles. The van der Waals surface area contributed by atoms with E-state index in [4.69, 9.17) is 0 Å². The number of carboxylic acid groups (broad SMARTS) is 2. The van der Waals surface area contributed by atoms with Gasteiger partial charge in [0.2, 0.25) is 0 Å². The van der Waals surface area contributed by atoms with Crippen molar-refractivity contribution in [2.45, 2.75) is 0 Å². The van der Waals surface area contributed by atoms with E-state index in [0.717, 1.165) is 40.3 Å². The Hall–Kier alpha value is -2.96. The molecule has 0 saturated heterocycles. The molecule has 0 spiro atoms. The number of benzene rings is 3. The predicted octanol–water partition coefficient (Wildman–Crippen LogP) is 5.82. The van der Waals surface area contributed by atoms with Gasteiger partial charge >= 0.3 is 11.9 Å². The molecule has 0 atom stereocenters. The van der Waals surface area contributed by atoms with E-state index in [1.165, 1.54) is 0 Å². The van der Waals surface area contributed by atoms with Gasteiger partial charge in [0.05, 0.1) is 11.1 Å². The SMILES string of the molecule is O=C(O)c1ccc2c(c1)sc1cc3c(cc12)sc1cc(C(=O)O)ccc13. The fourth-order valence-electron chi connectivity index (χ4n) is 3.31. The summed E-state index contributed by atoms with van der Waals surface area (Å²) in [4.78, 5) is 22.4. The third kappa shape index (κ3) is 2.13. The molecule has 0 fully saturated rings. The number of aromatic carboxylic acids is 2. The fraction of sp³-hybridized carbons (Fsp3) is 0. The van der Waals surface area contributed by atoms with Gasteiger partial charge in [0.25, 0.3) is 0 Å². The predicted molar refractivity (Wildman–Crippen MR) is 106 cm³/mol. The van der Waals surface area contributed by atoms with Gasteiger partial charge in [0.15, 0.2) is 0 Å². The molecule has 5 aromatic rings. The summed E-state index contributed by atoms with van der Waals surface area (Å²) in [5.41, 5.74) is 0.579. The molecule has 0 aliphatic rings. The number of fused-ring (bicyclic) bond motifs is 6. The molecule has 2 N–H and O–H groups in total. The van der Waals surface area contributed by atoms with Crippen LogP contribution in [0.25, 0.3) is 40.3 Å². The van der Waals surface area contributed by atoms with Gasteiger partial charge < -0.3 is 10.2 Å². The third-order valence-corrected chi connectivity index (χ3v) is 6.79. The molecule has 0 amide bonds. The average Bonchev–Trinajstić information content (AvgIpc) is 3.15. The normalized spacial score (nSPS) is 11.7. The Morgan fingerprint density at radius 3 is 1.35 bits per heavy atom. The number of hydrogen-bond donors (Lipinski definition) is 2. The first-order valence-electron chi connectivity index (χ1n) is 7.80. The molecule has 2 aromatic heterocycles. The highest BCUT2D eigenvalue weighted by Crippen LogP contribution is 2.42. The Kier molecular flexibility index (Phi) is 3.10. The Morgan fingerprint density at radius 2 is 0.962 bits per heavy atom. The average molecular weight is 378 g/mol. The first kappa shape index (κ1) is 15.3. The van der Waals surface area contributed by atoms with Crippen molar-refractivity contribution in [3.8, 4) is 0 Å². The smallest absolute Gasteiger partial charge is 0.335 e. The maximum atomic E-state index is 11.2. The molecule has 6 heteroatoms. The van der Waals surface area contributed by atoms with E-state index in [1.54, 1.807) is 46.9 Å². The van der Waals surface area contributed by atoms with Crippen LogP contribution in [0.3, 0.4) is 0 Å². The van der Waals surface area contributed by atoms with Gasteiger partial charge in [0.1, 0.15) is 0 Å². The van der Waals surface area contributed by atoms with E-state index in [0.29, 0.717) is 0 Å². The Morgan fingerprint density at radius 1 is 0.577 bits per heavy atom. The second-order valence-electron chi connectivity index (χ2n) is 6.08. The van der Waals surface area contributed by atoms with E-state index in [-0.39, 0.29) is 11.1 Å². The summed E-state index contributed by atoms with van der Waals surface area (Å²) in [5.74, 6) is -1.85. The highest BCUT2D eigenvalue weighted by molar-refractivity contribution is 7.27. The second-order valence-corrected chi connectivity index (χ2v) is 8.25. The Labute approximate surface area is 154 Å². The molecular weight excluding hydrogens is 368 g/mol. The quantitative estimate of drug-likeness (QED) is 0.406. The molecule has 0 unspecified atom stereocenters. The summed E-state index contributed by atoms with van der Waals surface area (Å²) in [6.07, 6.45) is 0. The number of rotatable bonds is 2. The van der Waals surface area contributed by atoms with Crippen LogP contribution in [0.5, 0.6) is 0 Å². The minimum absolute atomic E-state index is 0.289. The topological polar surface area (TPSA) is 74.6 Å². The lowest BCUT2D eigenvalue weighted by Gasteiger charge is -1.96. The minimum Gasteiger partial charge on any atom is -0.478 e. The standard InChI is InChI=1S/C20H10O4S2/c21-19(22)9-1-3-11-13-7-18-14(8-17(13)25-15(11)5-9)12-4-2-10(20(23)24)6-16(12)26-18/h1-8H,(H,21,22)(H,23,24). The summed E-state index contributed by atoms with van der Waals surface area (Å²) in [7, 11) is 0. The molecule has 5 rings (SSSR count). The molecule has 0 aliphatic heterocycles. The minimum atomic E-state index is -0.925. The summed E-state index contributed by atoms with van der Waals surface area (Å²) >= 11 is 3.15. The molecule has 2 heterocycles. The van der Waals surface area contributed by atoms with Gasteiger partial charge in [-0.25, -0.2) is 9.59 Å². The number of carbonyl (C=O) groups is 2. The van der Waals surface area contributed by atoms with E-state index >= 15 is 0 Å². The van der Waals surface area contributed by atoms with Crippen molar-refractivity contribution in [1.82, 2.24) is 0 Å². The molecule has 26 heavy (non-hydrogen) atoms. The van der Waals surface area contributed by atoms with E-state index in [2.05, 4.69) is 12.1 Å². The zero-order chi connectivity index (χ0) is 18.0. The maximum absolute atomic E-state index is 11.2. The summed E-state index contributed by atoms with van der Waals surface area (Å²) in [5, 5.41) is 22.6. The van der Waals surface area contributed by atoms with Crippen LogP contribution in [0.15, 0.2) is 48.5 Å². The first-order valence-corrected chi connectivity index (χ1v) is 9.44. The number of hydrogen-bond acceptors (Lipinski definition) is 4. The molecule has 0 radical (unpaired) electrons. The van der Waals surface area contributed by atoms with Crippen molar-refractivity contribution < 1.29 is 19.8 Å². The molecule has 4 nitrogen and oxygen atoms in total. The highest BCUT2D eigenvalue weighted by atomic mass is 32.1. The van der Waals surface area contributed by atoms with Crippen molar-refractivity contribution in [2.24, 2.45) is 0 Å². The fourth-order valence-corrected chi connectivity index (χ4v) is 5.64. The van der Waals surface area contributed by atoms with Crippen molar-refractivity contribution in [3.63, 3.8) is 0 Å². The molecule has 126 valence electrons. The van der Waals surface area contributed by atoms with E-state index < -0.39 is 11.9 Å². The van der Waals surface area contributed by atoms with Crippen LogP contribution in [0.2, 0.25) is 0 Å². The third-order valence-electron chi connectivity index (χ3n) is 4.56.